The van der Waals surface area contributed by atoms with Crippen LogP contribution in [-0.2, 0) is 0 Å². The SMILES string of the molecule is BrI.ClC(Cl)(Cl)Cl. The van der Waals surface area contributed by atoms with Gasteiger partial charge in [0, 0.05) is 20.4 Å². The second-order valence-corrected chi connectivity index (χ2v) is 3.86. The molecule has 0 rings (SSSR count). The quantitative estimate of drug-likeness (QED) is 0.447. The average molecular weight is 361 g/mol. The largest absolute Gasteiger partial charge is 0.266 e. The highest BCUT2D eigenvalue weighted by Crippen LogP contribution is 2.29. The smallest absolute Gasteiger partial charge is 0.0664 e. The lowest BCUT2D eigenvalue weighted by atomic mass is 11.8. The van der Waals surface area contributed by atoms with Crippen LogP contribution in [0.3, 0.4) is 0 Å². The Kier molecular flexibility index (Phi) is 11.2. The molecule has 0 nitrogen and oxygen atoms in total. The number of hydrogen-bond acceptors (Lipinski definition) is 0. The van der Waals surface area contributed by atoms with Crippen LogP contribution in [-0.4, -0.2) is 3.25 Å². The van der Waals surface area contributed by atoms with Crippen LogP contribution < -0.4 is 0 Å². The summed E-state index contributed by atoms with van der Waals surface area (Å²) in [4.78, 5) is 0. The molecule has 0 aliphatic carbocycles. The minimum atomic E-state index is -1.61. The van der Waals surface area contributed by atoms with Crippen LogP contribution in [0.1, 0.15) is 0 Å². The fourth-order valence-electron chi connectivity index (χ4n) is 0. The van der Waals surface area contributed by atoms with Crippen LogP contribution in [0.2, 0.25) is 0 Å². The minimum Gasteiger partial charge on any atom is -0.0664 e. The molecular weight excluding hydrogens is 361 g/mol. The maximum absolute atomic E-state index is 4.83. The first kappa shape index (κ1) is 12.1. The summed E-state index contributed by atoms with van der Waals surface area (Å²) in [6.45, 7) is 0. The van der Waals surface area contributed by atoms with Gasteiger partial charge in [-0.1, -0.05) is 46.4 Å². The lowest BCUT2D eigenvalue weighted by molar-refractivity contribution is 1.76. The van der Waals surface area contributed by atoms with E-state index in [0.717, 1.165) is 0 Å². The lowest BCUT2D eigenvalue weighted by Crippen LogP contribution is -1.81. The van der Waals surface area contributed by atoms with E-state index in [1.807, 2.05) is 20.4 Å². The van der Waals surface area contributed by atoms with E-state index in [-0.39, 0.29) is 0 Å². The molecule has 0 aromatic carbocycles. The molecule has 0 heterocycles. The van der Waals surface area contributed by atoms with Crippen molar-refractivity contribution in [1.29, 1.82) is 0 Å². The van der Waals surface area contributed by atoms with Gasteiger partial charge in [0.05, 0.1) is 0 Å². The molecule has 0 amide bonds. The second kappa shape index (κ2) is 6.49. The lowest BCUT2D eigenvalue weighted by Gasteiger charge is -1.91. The molecule has 0 unspecified atom stereocenters. The predicted molar refractivity (Wildman–Crippen MR) is 49.1 cm³/mol. The highest BCUT2D eigenvalue weighted by molar-refractivity contribution is 14.2. The van der Waals surface area contributed by atoms with Gasteiger partial charge in [0.15, 0.2) is 0 Å². The van der Waals surface area contributed by atoms with Crippen molar-refractivity contribution in [3.8, 4) is 0 Å². The molecule has 0 saturated heterocycles. The zero-order valence-electron chi connectivity index (χ0n) is 2.77. The van der Waals surface area contributed by atoms with Gasteiger partial charge in [0.1, 0.15) is 0 Å². The first-order chi connectivity index (χ1) is 3.00. The summed E-state index contributed by atoms with van der Waals surface area (Å²) in [5.41, 5.74) is 0. The van der Waals surface area contributed by atoms with Crippen molar-refractivity contribution < 1.29 is 0 Å². The number of alkyl halides is 4. The number of rotatable bonds is 0. The van der Waals surface area contributed by atoms with Gasteiger partial charge in [0.25, 0.3) is 3.25 Å². The fraction of sp³-hybridized carbons (Fsp3) is 1.00. The normalized spacial score (nSPS) is 9.43. The Balaban J connectivity index is 0. The Morgan fingerprint density at radius 2 is 1.00 bits per heavy atom. The summed E-state index contributed by atoms with van der Waals surface area (Å²) in [6.07, 6.45) is 0. The Morgan fingerprint density at radius 3 is 1.00 bits per heavy atom. The number of hydrogen-bond donors (Lipinski definition) is 0. The summed E-state index contributed by atoms with van der Waals surface area (Å²) >= 11 is 24.2. The predicted octanol–water partition coefficient (Wildman–Crippen LogP) is 4.28. The molecule has 7 heavy (non-hydrogen) atoms. The van der Waals surface area contributed by atoms with Crippen molar-refractivity contribution in [1.82, 2.24) is 0 Å². The molecule has 0 aromatic rings. The highest BCUT2D eigenvalue weighted by Gasteiger charge is 2.11. The van der Waals surface area contributed by atoms with E-state index >= 15 is 0 Å². The molecule has 0 aliphatic heterocycles. The van der Waals surface area contributed by atoms with Gasteiger partial charge in [-0.25, -0.2) is 0 Å². The second-order valence-electron chi connectivity index (χ2n) is 0.429. The van der Waals surface area contributed by atoms with Gasteiger partial charge in [-0.15, -0.1) is 0 Å². The van der Waals surface area contributed by atoms with Crippen molar-refractivity contribution in [3.63, 3.8) is 0 Å². The third kappa shape index (κ3) is 60.5. The summed E-state index contributed by atoms with van der Waals surface area (Å²) in [5.74, 6) is 0. The first-order valence-corrected chi connectivity index (χ1v) is 7.25. The zero-order chi connectivity index (χ0) is 6.50. The van der Waals surface area contributed by atoms with Crippen LogP contribution in [0.5, 0.6) is 0 Å². The molecule has 0 fully saturated rings. The van der Waals surface area contributed by atoms with Gasteiger partial charge in [-0.3, -0.25) is 0 Å². The van der Waals surface area contributed by atoms with Crippen molar-refractivity contribution in [2.24, 2.45) is 0 Å². The van der Waals surface area contributed by atoms with Crippen molar-refractivity contribution >= 4 is 79.5 Å². The molecule has 0 saturated carbocycles. The minimum absolute atomic E-state index is 1.61. The van der Waals surface area contributed by atoms with Gasteiger partial charge >= 0.3 is 0 Å². The van der Waals surface area contributed by atoms with E-state index in [2.05, 4.69) is 12.7 Å². The highest BCUT2D eigenvalue weighted by atomic mass is 127. The maximum Gasteiger partial charge on any atom is 0.266 e. The Labute approximate surface area is 81.7 Å². The Morgan fingerprint density at radius 1 is 1.00 bits per heavy atom. The van der Waals surface area contributed by atoms with Crippen molar-refractivity contribution in [3.05, 3.63) is 0 Å². The average Bonchev–Trinajstić information content (AvgIpc) is 1.36. The van der Waals surface area contributed by atoms with E-state index in [1.165, 1.54) is 0 Å². The van der Waals surface area contributed by atoms with Crippen LogP contribution in [0, 0.1) is 0 Å². The summed E-state index contributed by atoms with van der Waals surface area (Å²) in [5, 5.41) is 0. The van der Waals surface area contributed by atoms with E-state index in [9.17, 15) is 0 Å². The number of halogens is 6. The van der Waals surface area contributed by atoms with Crippen LogP contribution >= 0.6 is 79.5 Å². The third-order valence-electron chi connectivity index (χ3n) is 0. The summed E-state index contributed by atoms with van der Waals surface area (Å²) in [6, 6.07) is 0. The Hall–Kier alpha value is 2.37. The van der Waals surface area contributed by atoms with Gasteiger partial charge in [-0.2, -0.15) is 0 Å². The standard InChI is InChI=1S/CCl4.BrI/c2-1(3,4)5;1-2. The molecule has 0 atom stereocenters. The van der Waals surface area contributed by atoms with E-state index in [4.69, 9.17) is 46.4 Å². The molecule has 0 N–H and O–H groups in total. The molecule has 0 spiro atoms. The molecule has 0 aromatic heterocycles. The maximum atomic E-state index is 4.83. The zero-order valence-corrected chi connectivity index (χ0v) is 9.53. The van der Waals surface area contributed by atoms with E-state index in [0.29, 0.717) is 0 Å². The molecule has 0 bridgehead atoms. The Bertz CT molecular complexity index is 27.2. The van der Waals surface area contributed by atoms with Crippen LogP contribution in [0.15, 0.2) is 0 Å². The van der Waals surface area contributed by atoms with Crippen LogP contribution in [0.25, 0.3) is 0 Å². The molecule has 0 radical (unpaired) electrons. The van der Waals surface area contributed by atoms with E-state index in [1.54, 1.807) is 0 Å². The molecule has 46 valence electrons. The summed E-state index contributed by atoms with van der Waals surface area (Å²) < 4.78 is -1.61. The third-order valence-corrected chi connectivity index (χ3v) is 0. The monoisotopic (exact) mass is 358 g/mol. The van der Waals surface area contributed by atoms with Crippen molar-refractivity contribution in [2.45, 2.75) is 3.25 Å². The van der Waals surface area contributed by atoms with Gasteiger partial charge < -0.3 is 0 Å². The topological polar surface area (TPSA) is 0 Å². The summed E-state index contributed by atoms with van der Waals surface area (Å²) in [7, 11) is 0. The molecule has 0 aliphatic rings. The van der Waals surface area contributed by atoms with Gasteiger partial charge in [-0.05, 0) is 12.7 Å². The molecule has 6 heteroatoms. The fourth-order valence-corrected chi connectivity index (χ4v) is 0. The first-order valence-electron chi connectivity index (χ1n) is 0.899. The van der Waals surface area contributed by atoms with Crippen LogP contribution in [0.4, 0.5) is 0 Å². The van der Waals surface area contributed by atoms with Crippen molar-refractivity contribution in [2.75, 3.05) is 0 Å². The molecular formula is CBrCl4I. The van der Waals surface area contributed by atoms with E-state index < -0.39 is 3.25 Å². The van der Waals surface area contributed by atoms with Gasteiger partial charge in [0.2, 0.25) is 0 Å².